The minimum Gasteiger partial charge on any atom is -0.493 e. The second-order valence-corrected chi connectivity index (χ2v) is 6.12. The van der Waals surface area contributed by atoms with Crippen LogP contribution in [0, 0.1) is 0 Å². The Morgan fingerprint density at radius 1 is 0.821 bits per heavy atom. The number of carbonyl (C=O) groups excluding carboxylic acids is 1. The summed E-state index contributed by atoms with van der Waals surface area (Å²) in [5.74, 6) is 1.76. The third-order valence-corrected chi connectivity index (χ3v) is 4.27. The highest BCUT2D eigenvalue weighted by atomic mass is 16.5. The fourth-order valence-electron chi connectivity index (χ4n) is 2.83. The van der Waals surface area contributed by atoms with E-state index in [4.69, 9.17) is 14.2 Å². The molecular formula is C23H23NO4. The average molecular weight is 377 g/mol. The molecule has 0 fully saturated rings. The summed E-state index contributed by atoms with van der Waals surface area (Å²) in [5, 5.41) is 2.86. The molecule has 5 nitrogen and oxygen atoms in total. The lowest BCUT2D eigenvalue weighted by Crippen LogP contribution is -2.28. The summed E-state index contributed by atoms with van der Waals surface area (Å²) in [7, 11) is 3.17. The average Bonchev–Trinajstić information content (AvgIpc) is 2.76. The van der Waals surface area contributed by atoms with Gasteiger partial charge < -0.3 is 19.5 Å². The molecule has 0 atom stereocenters. The van der Waals surface area contributed by atoms with E-state index < -0.39 is 0 Å². The molecule has 0 saturated heterocycles. The lowest BCUT2D eigenvalue weighted by Gasteiger charge is -2.12. The van der Waals surface area contributed by atoms with E-state index in [1.165, 1.54) is 0 Å². The summed E-state index contributed by atoms with van der Waals surface area (Å²) in [6, 6.07) is 23.2. The molecule has 0 aromatic heterocycles. The van der Waals surface area contributed by atoms with Crippen LogP contribution in [0.3, 0.4) is 0 Å². The van der Waals surface area contributed by atoms with E-state index in [9.17, 15) is 4.79 Å². The van der Waals surface area contributed by atoms with Crippen molar-refractivity contribution in [2.45, 2.75) is 6.54 Å². The van der Waals surface area contributed by atoms with Gasteiger partial charge in [-0.05, 0) is 29.3 Å². The molecule has 1 N–H and O–H groups in total. The number of rotatable bonds is 8. The summed E-state index contributed by atoms with van der Waals surface area (Å²) in [5.41, 5.74) is 2.91. The minimum absolute atomic E-state index is 0.0584. The van der Waals surface area contributed by atoms with Crippen LogP contribution in [0.25, 0.3) is 11.1 Å². The third-order valence-electron chi connectivity index (χ3n) is 4.27. The van der Waals surface area contributed by atoms with Gasteiger partial charge in [-0.1, -0.05) is 54.6 Å². The Morgan fingerprint density at radius 3 is 2.29 bits per heavy atom. The van der Waals surface area contributed by atoms with Crippen LogP contribution in [0.2, 0.25) is 0 Å². The largest absolute Gasteiger partial charge is 0.493 e. The van der Waals surface area contributed by atoms with Crippen molar-refractivity contribution in [3.63, 3.8) is 0 Å². The van der Waals surface area contributed by atoms with Gasteiger partial charge in [0, 0.05) is 12.1 Å². The Labute approximate surface area is 164 Å². The van der Waals surface area contributed by atoms with Gasteiger partial charge in [0.2, 0.25) is 0 Å². The molecule has 3 rings (SSSR count). The van der Waals surface area contributed by atoms with Crippen LogP contribution in [0.1, 0.15) is 5.56 Å². The Kier molecular flexibility index (Phi) is 6.52. The zero-order valence-corrected chi connectivity index (χ0v) is 16.0. The molecular weight excluding hydrogens is 354 g/mol. The Balaban J connectivity index is 1.58. The Hall–Kier alpha value is -3.47. The lowest BCUT2D eigenvalue weighted by atomic mass is 10.1. The standard InChI is InChI=1S/C23H23NO4/c1-26-21-13-12-17(14-22(21)27-2)15-24-23(25)16-28-20-11-7-6-10-19(20)18-8-4-3-5-9-18/h3-14H,15-16H2,1-2H3,(H,24,25). The minimum atomic E-state index is -0.197. The third kappa shape index (κ3) is 4.82. The number of para-hydroxylation sites is 1. The lowest BCUT2D eigenvalue weighted by molar-refractivity contribution is -0.123. The molecule has 28 heavy (non-hydrogen) atoms. The molecule has 0 radical (unpaired) electrons. The molecule has 0 unspecified atom stereocenters. The summed E-state index contributed by atoms with van der Waals surface area (Å²) >= 11 is 0. The highest BCUT2D eigenvalue weighted by Crippen LogP contribution is 2.29. The molecule has 1 amide bonds. The highest BCUT2D eigenvalue weighted by molar-refractivity contribution is 5.78. The van der Waals surface area contributed by atoms with E-state index in [1.807, 2.05) is 72.8 Å². The van der Waals surface area contributed by atoms with Crippen molar-refractivity contribution in [3.05, 3.63) is 78.4 Å². The van der Waals surface area contributed by atoms with Gasteiger partial charge in [0.1, 0.15) is 5.75 Å². The smallest absolute Gasteiger partial charge is 0.258 e. The number of methoxy groups -OCH3 is 2. The summed E-state index contributed by atoms with van der Waals surface area (Å²) < 4.78 is 16.3. The number of hydrogen-bond acceptors (Lipinski definition) is 4. The van der Waals surface area contributed by atoms with Crippen molar-refractivity contribution < 1.29 is 19.0 Å². The monoisotopic (exact) mass is 377 g/mol. The van der Waals surface area contributed by atoms with Gasteiger partial charge in [-0.15, -0.1) is 0 Å². The maximum Gasteiger partial charge on any atom is 0.258 e. The highest BCUT2D eigenvalue weighted by Gasteiger charge is 2.09. The van der Waals surface area contributed by atoms with Crippen molar-refractivity contribution in [3.8, 4) is 28.4 Å². The zero-order valence-electron chi connectivity index (χ0n) is 16.0. The number of hydrogen-bond donors (Lipinski definition) is 1. The maximum absolute atomic E-state index is 12.2. The van der Waals surface area contributed by atoms with Crippen LogP contribution in [0.4, 0.5) is 0 Å². The molecule has 0 aliphatic rings. The topological polar surface area (TPSA) is 56.8 Å². The molecule has 3 aromatic carbocycles. The van der Waals surface area contributed by atoms with Crippen LogP contribution < -0.4 is 19.5 Å². The van der Waals surface area contributed by atoms with Crippen LogP contribution in [-0.2, 0) is 11.3 Å². The van der Waals surface area contributed by atoms with Gasteiger partial charge in [-0.25, -0.2) is 0 Å². The van der Waals surface area contributed by atoms with Crippen molar-refractivity contribution in [2.24, 2.45) is 0 Å². The van der Waals surface area contributed by atoms with Crippen LogP contribution in [-0.4, -0.2) is 26.7 Å². The van der Waals surface area contributed by atoms with Gasteiger partial charge in [0.25, 0.3) is 5.91 Å². The maximum atomic E-state index is 12.2. The molecule has 0 aliphatic carbocycles. The molecule has 0 spiro atoms. The molecule has 5 heteroatoms. The number of carbonyl (C=O) groups is 1. The first kappa shape index (κ1) is 19.3. The quantitative estimate of drug-likeness (QED) is 0.643. The molecule has 0 bridgehead atoms. The van der Waals surface area contributed by atoms with Crippen molar-refractivity contribution in [1.82, 2.24) is 5.32 Å². The number of nitrogens with one attached hydrogen (secondary N) is 1. The van der Waals surface area contributed by atoms with Gasteiger partial charge in [0.05, 0.1) is 14.2 Å². The molecule has 144 valence electrons. The van der Waals surface area contributed by atoms with Gasteiger partial charge >= 0.3 is 0 Å². The van der Waals surface area contributed by atoms with Crippen molar-refractivity contribution in [1.29, 1.82) is 0 Å². The molecule has 0 saturated carbocycles. The fraction of sp³-hybridized carbons (Fsp3) is 0.174. The van der Waals surface area contributed by atoms with Gasteiger partial charge in [-0.2, -0.15) is 0 Å². The van der Waals surface area contributed by atoms with E-state index in [0.29, 0.717) is 23.8 Å². The van der Waals surface area contributed by atoms with Gasteiger partial charge in [0.15, 0.2) is 18.1 Å². The second kappa shape index (κ2) is 9.46. The normalized spacial score (nSPS) is 10.2. The molecule has 0 aliphatic heterocycles. The van der Waals surface area contributed by atoms with Crippen molar-refractivity contribution in [2.75, 3.05) is 20.8 Å². The first-order valence-corrected chi connectivity index (χ1v) is 8.96. The predicted octanol–water partition coefficient (Wildman–Crippen LogP) is 4.07. The Bertz CT molecular complexity index is 925. The van der Waals surface area contributed by atoms with E-state index in [1.54, 1.807) is 14.2 Å². The summed E-state index contributed by atoms with van der Waals surface area (Å²) in [6.07, 6.45) is 0. The molecule has 3 aromatic rings. The number of ether oxygens (including phenoxy) is 3. The van der Waals surface area contributed by atoms with E-state index in [-0.39, 0.29) is 12.5 Å². The number of amides is 1. The first-order valence-electron chi connectivity index (χ1n) is 8.96. The second-order valence-electron chi connectivity index (χ2n) is 6.12. The zero-order chi connectivity index (χ0) is 19.8. The fourth-order valence-corrected chi connectivity index (χ4v) is 2.83. The van der Waals surface area contributed by atoms with Crippen LogP contribution >= 0.6 is 0 Å². The van der Waals surface area contributed by atoms with Gasteiger partial charge in [-0.3, -0.25) is 4.79 Å². The first-order chi connectivity index (χ1) is 13.7. The van der Waals surface area contributed by atoms with E-state index in [0.717, 1.165) is 16.7 Å². The molecule has 0 heterocycles. The summed E-state index contributed by atoms with van der Waals surface area (Å²) in [6.45, 7) is 0.319. The summed E-state index contributed by atoms with van der Waals surface area (Å²) in [4.78, 5) is 12.2. The van der Waals surface area contributed by atoms with Crippen molar-refractivity contribution >= 4 is 5.91 Å². The van der Waals surface area contributed by atoms with Crippen LogP contribution in [0.15, 0.2) is 72.8 Å². The Morgan fingerprint density at radius 2 is 1.54 bits per heavy atom. The van der Waals surface area contributed by atoms with E-state index in [2.05, 4.69) is 5.32 Å². The SMILES string of the molecule is COc1ccc(CNC(=O)COc2ccccc2-c2ccccc2)cc1OC. The number of benzene rings is 3. The van der Waals surface area contributed by atoms with E-state index >= 15 is 0 Å². The predicted molar refractivity (Wildman–Crippen MR) is 109 cm³/mol. The van der Waals surface area contributed by atoms with Crippen LogP contribution in [0.5, 0.6) is 17.2 Å².